The molecule has 3 N–H and O–H groups in total. The van der Waals surface area contributed by atoms with Crippen LogP contribution in [-0.4, -0.2) is 30.4 Å². The molecule has 1 aromatic rings. The van der Waals surface area contributed by atoms with Crippen LogP contribution in [0.15, 0.2) is 24.3 Å². The Kier molecular flexibility index (Phi) is 6.40. The minimum absolute atomic E-state index is 0.0165. The van der Waals surface area contributed by atoms with E-state index in [4.69, 9.17) is 5.73 Å². The Hall–Kier alpha value is -1.39. The summed E-state index contributed by atoms with van der Waals surface area (Å²) in [5, 5.41) is 2.88. The topological polar surface area (TPSA) is 58.4 Å². The number of nitrogens with one attached hydrogen (secondary N) is 1. The van der Waals surface area contributed by atoms with Crippen molar-refractivity contribution >= 4 is 5.91 Å². The van der Waals surface area contributed by atoms with Crippen LogP contribution >= 0.6 is 0 Å². The first-order valence-corrected chi connectivity index (χ1v) is 8.33. The number of amides is 1. The Bertz CT molecular complexity index is 462. The van der Waals surface area contributed by atoms with Crippen LogP contribution in [0.1, 0.15) is 37.8 Å². The number of benzene rings is 1. The standard InChI is InChI=1S/C18H29N3O/c1-14-9-15(2)12-21(11-14)13-17-5-3-16(4-6-17)10-20-18(22)7-8-19/h3-6,14-15H,7-13,19H2,1-2H3,(H,20,22). The lowest BCUT2D eigenvalue weighted by Crippen LogP contribution is -2.38. The van der Waals surface area contributed by atoms with E-state index in [2.05, 4.69) is 48.3 Å². The van der Waals surface area contributed by atoms with Crippen molar-refractivity contribution in [1.29, 1.82) is 0 Å². The lowest BCUT2D eigenvalue weighted by Gasteiger charge is -2.35. The highest BCUT2D eigenvalue weighted by Crippen LogP contribution is 2.22. The predicted molar refractivity (Wildman–Crippen MR) is 90.2 cm³/mol. The summed E-state index contributed by atoms with van der Waals surface area (Å²) in [4.78, 5) is 14.0. The number of piperidine rings is 1. The van der Waals surface area contributed by atoms with Crippen LogP contribution in [0.4, 0.5) is 0 Å². The zero-order valence-corrected chi connectivity index (χ0v) is 13.8. The van der Waals surface area contributed by atoms with Gasteiger partial charge in [-0.2, -0.15) is 0 Å². The van der Waals surface area contributed by atoms with Crippen molar-refractivity contribution in [2.75, 3.05) is 19.6 Å². The number of carbonyl (C=O) groups is 1. The summed E-state index contributed by atoms with van der Waals surface area (Å²) >= 11 is 0. The first-order chi connectivity index (χ1) is 10.6. The highest BCUT2D eigenvalue weighted by Gasteiger charge is 2.21. The fourth-order valence-corrected chi connectivity index (χ4v) is 3.36. The van der Waals surface area contributed by atoms with E-state index in [1.165, 1.54) is 25.1 Å². The summed E-state index contributed by atoms with van der Waals surface area (Å²) in [6, 6.07) is 8.56. The molecule has 0 aromatic heterocycles. The number of likely N-dealkylation sites (tertiary alicyclic amines) is 1. The fraction of sp³-hybridized carbons (Fsp3) is 0.611. The Morgan fingerprint density at radius 1 is 1.18 bits per heavy atom. The Labute approximate surface area is 134 Å². The molecule has 0 saturated carbocycles. The van der Waals surface area contributed by atoms with Crippen molar-refractivity contribution in [2.24, 2.45) is 17.6 Å². The monoisotopic (exact) mass is 303 g/mol. The van der Waals surface area contributed by atoms with Gasteiger partial charge in [0.1, 0.15) is 0 Å². The number of hydrogen-bond acceptors (Lipinski definition) is 3. The minimum Gasteiger partial charge on any atom is -0.352 e. The van der Waals surface area contributed by atoms with Crippen LogP contribution in [-0.2, 0) is 17.9 Å². The third-order valence-corrected chi connectivity index (χ3v) is 4.23. The molecule has 4 nitrogen and oxygen atoms in total. The molecular weight excluding hydrogens is 274 g/mol. The summed E-state index contributed by atoms with van der Waals surface area (Å²) in [6.45, 7) is 9.08. The molecule has 0 radical (unpaired) electrons. The lowest BCUT2D eigenvalue weighted by molar-refractivity contribution is -0.121. The zero-order valence-electron chi connectivity index (χ0n) is 13.8. The Morgan fingerprint density at radius 2 is 1.77 bits per heavy atom. The van der Waals surface area contributed by atoms with Gasteiger partial charge in [-0.15, -0.1) is 0 Å². The second kappa shape index (κ2) is 8.30. The van der Waals surface area contributed by atoms with Crippen LogP contribution in [0, 0.1) is 11.8 Å². The number of carbonyl (C=O) groups excluding carboxylic acids is 1. The number of nitrogens with zero attached hydrogens (tertiary/aromatic N) is 1. The van der Waals surface area contributed by atoms with E-state index in [0.717, 1.165) is 23.9 Å². The highest BCUT2D eigenvalue weighted by molar-refractivity contribution is 5.76. The summed E-state index contributed by atoms with van der Waals surface area (Å²) in [7, 11) is 0. The fourth-order valence-electron chi connectivity index (χ4n) is 3.36. The normalized spacial score (nSPS) is 22.5. The zero-order chi connectivity index (χ0) is 15.9. The number of nitrogens with two attached hydrogens (primary N) is 1. The molecule has 1 saturated heterocycles. The maximum absolute atomic E-state index is 11.4. The maximum Gasteiger partial charge on any atom is 0.221 e. The van der Waals surface area contributed by atoms with Crippen molar-refractivity contribution in [3.05, 3.63) is 35.4 Å². The largest absolute Gasteiger partial charge is 0.352 e. The van der Waals surface area contributed by atoms with E-state index in [0.29, 0.717) is 19.5 Å². The third-order valence-electron chi connectivity index (χ3n) is 4.23. The highest BCUT2D eigenvalue weighted by atomic mass is 16.1. The van der Waals surface area contributed by atoms with Crippen molar-refractivity contribution in [2.45, 2.75) is 39.8 Å². The molecule has 0 spiro atoms. The van der Waals surface area contributed by atoms with Crippen LogP contribution in [0.2, 0.25) is 0 Å². The lowest BCUT2D eigenvalue weighted by atomic mass is 9.91. The van der Waals surface area contributed by atoms with Gasteiger partial charge in [0.15, 0.2) is 0 Å². The van der Waals surface area contributed by atoms with E-state index in [-0.39, 0.29) is 5.91 Å². The molecule has 1 amide bonds. The van der Waals surface area contributed by atoms with E-state index in [9.17, 15) is 4.79 Å². The van der Waals surface area contributed by atoms with Gasteiger partial charge in [0.25, 0.3) is 0 Å². The second-order valence-corrected chi connectivity index (χ2v) is 6.77. The molecule has 4 heteroatoms. The molecule has 0 aliphatic carbocycles. The minimum atomic E-state index is 0.0165. The van der Waals surface area contributed by atoms with Crippen LogP contribution in [0.5, 0.6) is 0 Å². The predicted octanol–water partition coefficient (Wildman–Crippen LogP) is 2.13. The average Bonchev–Trinajstić information content (AvgIpc) is 2.46. The second-order valence-electron chi connectivity index (χ2n) is 6.77. The molecule has 122 valence electrons. The van der Waals surface area contributed by atoms with Crippen LogP contribution in [0.25, 0.3) is 0 Å². The van der Waals surface area contributed by atoms with Gasteiger partial charge in [-0.3, -0.25) is 9.69 Å². The first kappa shape index (κ1) is 17.0. The van der Waals surface area contributed by atoms with Crippen molar-refractivity contribution < 1.29 is 4.79 Å². The Balaban J connectivity index is 1.82. The quantitative estimate of drug-likeness (QED) is 0.846. The molecule has 2 rings (SSSR count). The van der Waals surface area contributed by atoms with Crippen LogP contribution < -0.4 is 11.1 Å². The number of hydrogen-bond donors (Lipinski definition) is 2. The third kappa shape index (κ3) is 5.43. The molecular formula is C18H29N3O. The summed E-state index contributed by atoms with van der Waals surface area (Å²) < 4.78 is 0. The van der Waals surface area contributed by atoms with E-state index in [1.54, 1.807) is 0 Å². The average molecular weight is 303 g/mol. The molecule has 1 fully saturated rings. The molecule has 2 unspecified atom stereocenters. The number of rotatable bonds is 6. The molecule has 1 aliphatic heterocycles. The van der Waals surface area contributed by atoms with Crippen molar-refractivity contribution in [3.63, 3.8) is 0 Å². The first-order valence-electron chi connectivity index (χ1n) is 8.33. The van der Waals surface area contributed by atoms with Crippen LogP contribution in [0.3, 0.4) is 0 Å². The van der Waals surface area contributed by atoms with Gasteiger partial charge in [0, 0.05) is 39.1 Å². The smallest absolute Gasteiger partial charge is 0.221 e. The summed E-state index contributed by atoms with van der Waals surface area (Å²) in [5.41, 5.74) is 7.84. The van der Waals surface area contributed by atoms with Gasteiger partial charge in [0.05, 0.1) is 0 Å². The van der Waals surface area contributed by atoms with Gasteiger partial charge >= 0.3 is 0 Å². The summed E-state index contributed by atoms with van der Waals surface area (Å²) in [6.07, 6.45) is 1.74. The Morgan fingerprint density at radius 3 is 2.36 bits per heavy atom. The molecule has 0 bridgehead atoms. The van der Waals surface area contributed by atoms with Crippen molar-refractivity contribution in [3.8, 4) is 0 Å². The SMILES string of the molecule is CC1CC(C)CN(Cc2ccc(CNC(=O)CCN)cc2)C1. The molecule has 2 atom stereocenters. The molecule has 1 heterocycles. The van der Waals surface area contributed by atoms with Gasteiger partial charge in [0.2, 0.25) is 5.91 Å². The maximum atomic E-state index is 11.4. The molecule has 1 aromatic carbocycles. The van der Waals surface area contributed by atoms with E-state index in [1.807, 2.05) is 0 Å². The molecule has 1 aliphatic rings. The van der Waals surface area contributed by atoms with Gasteiger partial charge in [-0.1, -0.05) is 38.1 Å². The van der Waals surface area contributed by atoms with E-state index < -0.39 is 0 Å². The van der Waals surface area contributed by atoms with E-state index >= 15 is 0 Å². The molecule has 22 heavy (non-hydrogen) atoms. The van der Waals surface area contributed by atoms with Gasteiger partial charge < -0.3 is 11.1 Å². The van der Waals surface area contributed by atoms with Gasteiger partial charge in [-0.05, 0) is 29.4 Å². The summed E-state index contributed by atoms with van der Waals surface area (Å²) in [5.74, 6) is 1.60. The van der Waals surface area contributed by atoms with Gasteiger partial charge in [-0.25, -0.2) is 0 Å². The van der Waals surface area contributed by atoms with Crippen molar-refractivity contribution in [1.82, 2.24) is 10.2 Å².